The monoisotopic (exact) mass is 333 g/mol. The van der Waals surface area contributed by atoms with Crippen LogP contribution in [-0.4, -0.2) is 29.3 Å². The largest absolute Gasteiger partial charge is 0.471 e. The zero-order valence-electron chi connectivity index (χ0n) is 14.0. The molecule has 0 fully saturated rings. The number of alkyl halides is 3. The maximum atomic E-state index is 12.2. The SMILES string of the molecule is CC/C=C\C(C#CC(O)(CCC)CCC)CNC(=O)C(F)(F)F. The second-order valence-corrected chi connectivity index (χ2v) is 5.45. The Morgan fingerprint density at radius 2 is 1.78 bits per heavy atom. The van der Waals surface area contributed by atoms with Crippen LogP contribution in [0.15, 0.2) is 12.2 Å². The van der Waals surface area contributed by atoms with E-state index >= 15 is 0 Å². The molecule has 0 radical (unpaired) electrons. The summed E-state index contributed by atoms with van der Waals surface area (Å²) in [4.78, 5) is 10.9. The van der Waals surface area contributed by atoms with E-state index in [9.17, 15) is 23.1 Å². The Hall–Kier alpha value is -1.48. The average molecular weight is 333 g/mol. The van der Waals surface area contributed by atoms with Crippen LogP contribution in [0.3, 0.4) is 0 Å². The van der Waals surface area contributed by atoms with E-state index < -0.39 is 23.6 Å². The normalized spacial score (nSPS) is 13.5. The first-order valence-electron chi connectivity index (χ1n) is 7.95. The number of carbonyl (C=O) groups excluding carboxylic acids is 1. The minimum absolute atomic E-state index is 0.240. The van der Waals surface area contributed by atoms with Gasteiger partial charge < -0.3 is 10.4 Å². The van der Waals surface area contributed by atoms with Gasteiger partial charge in [-0.05, 0) is 19.3 Å². The molecule has 0 aliphatic rings. The average Bonchev–Trinajstić information content (AvgIpc) is 2.45. The number of carbonyl (C=O) groups is 1. The van der Waals surface area contributed by atoms with Gasteiger partial charge in [-0.15, -0.1) is 0 Å². The van der Waals surface area contributed by atoms with E-state index in [1.165, 1.54) is 0 Å². The van der Waals surface area contributed by atoms with Crippen LogP contribution in [0.1, 0.15) is 52.9 Å². The fraction of sp³-hybridized carbons (Fsp3) is 0.706. The number of rotatable bonds is 8. The van der Waals surface area contributed by atoms with Crippen molar-refractivity contribution in [2.45, 2.75) is 64.7 Å². The first kappa shape index (κ1) is 21.5. The van der Waals surface area contributed by atoms with Crippen LogP contribution in [0, 0.1) is 17.8 Å². The maximum Gasteiger partial charge on any atom is 0.471 e. The van der Waals surface area contributed by atoms with Crippen molar-refractivity contribution in [3.05, 3.63) is 12.2 Å². The molecule has 0 aromatic heterocycles. The van der Waals surface area contributed by atoms with E-state index in [1.54, 1.807) is 12.2 Å². The van der Waals surface area contributed by atoms with E-state index in [1.807, 2.05) is 26.1 Å². The highest BCUT2D eigenvalue weighted by molar-refractivity contribution is 5.81. The van der Waals surface area contributed by atoms with E-state index in [-0.39, 0.29) is 6.54 Å². The number of amides is 1. The molecule has 1 amide bonds. The van der Waals surface area contributed by atoms with Crippen LogP contribution in [-0.2, 0) is 4.79 Å². The summed E-state index contributed by atoms with van der Waals surface area (Å²) in [7, 11) is 0. The van der Waals surface area contributed by atoms with Gasteiger partial charge in [0.2, 0.25) is 0 Å². The zero-order chi connectivity index (χ0) is 17.9. The van der Waals surface area contributed by atoms with Crippen LogP contribution in [0.25, 0.3) is 0 Å². The highest BCUT2D eigenvalue weighted by Gasteiger charge is 2.38. The fourth-order valence-corrected chi connectivity index (χ4v) is 2.07. The van der Waals surface area contributed by atoms with Gasteiger partial charge in [-0.2, -0.15) is 13.2 Å². The molecule has 0 aliphatic heterocycles. The number of allylic oxidation sites excluding steroid dienone is 1. The van der Waals surface area contributed by atoms with Gasteiger partial charge in [0.25, 0.3) is 0 Å². The molecule has 132 valence electrons. The quantitative estimate of drug-likeness (QED) is 0.527. The molecule has 1 atom stereocenters. The lowest BCUT2D eigenvalue weighted by Gasteiger charge is -2.21. The summed E-state index contributed by atoms with van der Waals surface area (Å²) in [6, 6.07) is 0. The Morgan fingerprint density at radius 1 is 1.22 bits per heavy atom. The molecule has 6 heteroatoms. The molecule has 23 heavy (non-hydrogen) atoms. The van der Waals surface area contributed by atoms with Gasteiger partial charge in [-0.25, -0.2) is 0 Å². The number of halogens is 3. The van der Waals surface area contributed by atoms with Crippen molar-refractivity contribution in [2.75, 3.05) is 6.54 Å². The van der Waals surface area contributed by atoms with Gasteiger partial charge in [-0.3, -0.25) is 4.79 Å². The Kier molecular flexibility index (Phi) is 9.66. The van der Waals surface area contributed by atoms with Crippen LogP contribution in [0.5, 0.6) is 0 Å². The van der Waals surface area contributed by atoms with Crippen molar-refractivity contribution in [2.24, 2.45) is 5.92 Å². The van der Waals surface area contributed by atoms with E-state index in [4.69, 9.17) is 0 Å². The van der Waals surface area contributed by atoms with Gasteiger partial charge in [0.05, 0.1) is 5.92 Å². The third-order valence-electron chi connectivity index (χ3n) is 3.16. The lowest BCUT2D eigenvalue weighted by molar-refractivity contribution is -0.173. The summed E-state index contributed by atoms with van der Waals surface area (Å²) in [6.45, 7) is 5.51. The summed E-state index contributed by atoms with van der Waals surface area (Å²) in [5.74, 6) is 3.05. The first-order chi connectivity index (χ1) is 10.7. The Morgan fingerprint density at radius 3 is 2.22 bits per heavy atom. The lowest BCUT2D eigenvalue weighted by Crippen LogP contribution is -2.39. The van der Waals surface area contributed by atoms with Gasteiger partial charge >= 0.3 is 12.1 Å². The predicted octanol–water partition coefficient (Wildman–Crippen LogP) is 3.58. The van der Waals surface area contributed by atoms with Gasteiger partial charge in [0.1, 0.15) is 5.60 Å². The van der Waals surface area contributed by atoms with E-state index in [0.29, 0.717) is 19.3 Å². The molecule has 0 saturated heterocycles. The van der Waals surface area contributed by atoms with Gasteiger partial charge in [0, 0.05) is 6.54 Å². The third-order valence-corrected chi connectivity index (χ3v) is 3.16. The summed E-state index contributed by atoms with van der Waals surface area (Å²) in [5.41, 5.74) is -1.13. The summed E-state index contributed by atoms with van der Waals surface area (Å²) >= 11 is 0. The molecule has 0 aromatic rings. The molecule has 0 aromatic carbocycles. The molecule has 0 spiro atoms. The van der Waals surface area contributed by atoms with E-state index in [0.717, 1.165) is 12.8 Å². The van der Waals surface area contributed by atoms with Crippen LogP contribution in [0.4, 0.5) is 13.2 Å². The molecule has 0 rings (SSSR count). The molecular weight excluding hydrogens is 307 g/mol. The van der Waals surface area contributed by atoms with Crippen molar-refractivity contribution in [1.82, 2.24) is 5.32 Å². The van der Waals surface area contributed by atoms with Crippen molar-refractivity contribution in [1.29, 1.82) is 0 Å². The summed E-state index contributed by atoms with van der Waals surface area (Å²) in [6.07, 6.45) is 1.76. The number of hydrogen-bond acceptors (Lipinski definition) is 2. The van der Waals surface area contributed by atoms with Gasteiger partial charge in [-0.1, -0.05) is 57.6 Å². The number of aliphatic hydroxyl groups is 1. The fourth-order valence-electron chi connectivity index (χ4n) is 2.07. The Labute approximate surface area is 136 Å². The van der Waals surface area contributed by atoms with E-state index in [2.05, 4.69) is 11.8 Å². The van der Waals surface area contributed by atoms with Crippen molar-refractivity contribution >= 4 is 5.91 Å². The minimum atomic E-state index is -4.91. The smallest absolute Gasteiger partial charge is 0.378 e. The Balaban J connectivity index is 5.02. The minimum Gasteiger partial charge on any atom is -0.378 e. The topological polar surface area (TPSA) is 49.3 Å². The first-order valence-corrected chi connectivity index (χ1v) is 7.95. The summed E-state index contributed by atoms with van der Waals surface area (Å²) < 4.78 is 36.7. The molecule has 3 nitrogen and oxygen atoms in total. The molecule has 2 N–H and O–H groups in total. The number of hydrogen-bond donors (Lipinski definition) is 2. The second-order valence-electron chi connectivity index (χ2n) is 5.45. The highest BCUT2D eigenvalue weighted by Crippen LogP contribution is 2.19. The predicted molar refractivity (Wildman–Crippen MR) is 84.5 cm³/mol. The molecule has 0 aliphatic carbocycles. The van der Waals surface area contributed by atoms with Crippen molar-refractivity contribution < 1.29 is 23.1 Å². The molecular formula is C17H26F3NO2. The third kappa shape index (κ3) is 9.29. The highest BCUT2D eigenvalue weighted by atomic mass is 19.4. The summed E-state index contributed by atoms with van der Waals surface area (Å²) in [5, 5.41) is 12.3. The van der Waals surface area contributed by atoms with Crippen LogP contribution in [0.2, 0.25) is 0 Å². The second kappa shape index (κ2) is 10.3. The molecule has 0 bridgehead atoms. The molecule has 0 heterocycles. The molecule has 1 unspecified atom stereocenters. The lowest BCUT2D eigenvalue weighted by atomic mass is 9.92. The number of nitrogens with one attached hydrogen (secondary N) is 1. The molecule has 0 saturated carbocycles. The zero-order valence-corrected chi connectivity index (χ0v) is 14.0. The Bertz CT molecular complexity index is 441. The van der Waals surface area contributed by atoms with Crippen LogP contribution < -0.4 is 5.32 Å². The van der Waals surface area contributed by atoms with Crippen molar-refractivity contribution in [3.63, 3.8) is 0 Å². The maximum absolute atomic E-state index is 12.2. The van der Waals surface area contributed by atoms with Crippen LogP contribution >= 0.6 is 0 Å². The van der Waals surface area contributed by atoms with Gasteiger partial charge in [0.15, 0.2) is 0 Å². The van der Waals surface area contributed by atoms with Crippen molar-refractivity contribution in [3.8, 4) is 11.8 Å². The standard InChI is InChI=1S/C17H26F3NO2/c1-4-7-8-14(13-21-15(22)17(18,19)20)9-12-16(23,10-5-2)11-6-3/h7-8,14,23H,4-6,10-11,13H2,1-3H3,(H,21,22)/b8-7-.